The maximum absolute atomic E-state index is 13.3. The van der Waals surface area contributed by atoms with Crippen LogP contribution in [0.25, 0.3) is 0 Å². The van der Waals surface area contributed by atoms with Crippen molar-refractivity contribution in [3.63, 3.8) is 0 Å². The van der Waals surface area contributed by atoms with Gasteiger partial charge in [-0.1, -0.05) is 80.3 Å². The Morgan fingerprint density at radius 3 is 2.39 bits per heavy atom. The minimum absolute atomic E-state index is 0.00601. The van der Waals surface area contributed by atoms with Gasteiger partial charge in [0.2, 0.25) is 11.8 Å². The molecule has 3 rings (SSSR count). The Balaban J connectivity index is 1.64. The highest BCUT2D eigenvalue weighted by molar-refractivity contribution is 7.99. The normalized spacial score (nSPS) is 15.1. The van der Waals surface area contributed by atoms with Crippen molar-refractivity contribution < 1.29 is 9.59 Å². The van der Waals surface area contributed by atoms with E-state index in [-0.39, 0.29) is 17.9 Å². The Morgan fingerprint density at radius 2 is 1.73 bits per heavy atom. The summed E-state index contributed by atoms with van der Waals surface area (Å²) in [5.74, 6) is 1.11. The first-order valence-corrected chi connectivity index (χ1v) is 13.6. The number of thioether (sulfide) groups is 1. The van der Waals surface area contributed by atoms with Crippen molar-refractivity contribution in [1.29, 1.82) is 0 Å². The van der Waals surface area contributed by atoms with Crippen LogP contribution in [0.2, 0.25) is 5.02 Å². The number of benzene rings is 2. The van der Waals surface area contributed by atoms with Gasteiger partial charge in [0.1, 0.15) is 6.04 Å². The molecule has 1 aliphatic carbocycles. The van der Waals surface area contributed by atoms with Crippen molar-refractivity contribution >= 4 is 35.2 Å². The third-order valence-electron chi connectivity index (χ3n) is 6.23. The molecule has 0 aliphatic heterocycles. The number of carbonyl (C=O) groups excluding carboxylic acids is 2. The molecule has 2 aromatic carbocycles. The predicted octanol–water partition coefficient (Wildman–Crippen LogP) is 5.87. The third-order valence-corrected chi connectivity index (χ3v) is 7.47. The summed E-state index contributed by atoms with van der Waals surface area (Å²) in [6, 6.07) is 17.7. The van der Waals surface area contributed by atoms with E-state index >= 15 is 0 Å². The van der Waals surface area contributed by atoms with Crippen molar-refractivity contribution in [2.24, 2.45) is 0 Å². The van der Waals surface area contributed by atoms with E-state index < -0.39 is 6.04 Å². The molecule has 0 unspecified atom stereocenters. The van der Waals surface area contributed by atoms with Crippen molar-refractivity contribution in [2.75, 3.05) is 12.3 Å². The van der Waals surface area contributed by atoms with E-state index in [0.29, 0.717) is 23.7 Å². The fourth-order valence-electron chi connectivity index (χ4n) is 4.36. The summed E-state index contributed by atoms with van der Waals surface area (Å²) in [6.45, 7) is 2.54. The molecule has 1 atom stereocenters. The molecule has 0 spiro atoms. The number of halogens is 1. The lowest BCUT2D eigenvalue weighted by molar-refractivity contribution is -0.139. The van der Waals surface area contributed by atoms with E-state index in [2.05, 4.69) is 17.4 Å². The smallest absolute Gasteiger partial charge is 0.243 e. The highest BCUT2D eigenvalue weighted by Crippen LogP contribution is 2.20. The summed E-state index contributed by atoms with van der Waals surface area (Å²) in [5.41, 5.74) is 2.31. The molecule has 0 heterocycles. The molecular weight excluding hydrogens is 452 g/mol. The van der Waals surface area contributed by atoms with Crippen LogP contribution in [0.1, 0.15) is 56.6 Å². The van der Waals surface area contributed by atoms with Crippen molar-refractivity contribution in [1.82, 2.24) is 10.2 Å². The van der Waals surface area contributed by atoms with Crippen LogP contribution in [0.3, 0.4) is 0 Å². The number of amides is 2. The second-order valence-electron chi connectivity index (χ2n) is 8.71. The quantitative estimate of drug-likeness (QED) is 0.432. The topological polar surface area (TPSA) is 49.4 Å². The Kier molecular flexibility index (Phi) is 10.6. The molecule has 178 valence electrons. The molecule has 1 saturated carbocycles. The lowest BCUT2D eigenvalue weighted by Crippen LogP contribution is -2.52. The first-order valence-electron chi connectivity index (χ1n) is 12.0. The number of nitrogens with one attached hydrogen (secondary N) is 1. The highest BCUT2D eigenvalue weighted by Gasteiger charge is 2.29. The minimum Gasteiger partial charge on any atom is -0.352 e. The zero-order chi connectivity index (χ0) is 23.5. The summed E-state index contributed by atoms with van der Waals surface area (Å²) in [6.07, 6.45) is 7.01. The maximum atomic E-state index is 13.3. The first-order chi connectivity index (χ1) is 16.1. The maximum Gasteiger partial charge on any atom is 0.243 e. The number of nitrogens with zero attached hydrogens (tertiary/aromatic N) is 1. The second kappa shape index (κ2) is 13.7. The molecule has 0 aromatic heterocycles. The van der Waals surface area contributed by atoms with Gasteiger partial charge in [0.05, 0.1) is 5.75 Å². The van der Waals surface area contributed by atoms with Gasteiger partial charge in [0, 0.05) is 23.4 Å². The lowest BCUT2D eigenvalue weighted by atomic mass is 9.95. The summed E-state index contributed by atoms with van der Waals surface area (Å²) in [4.78, 5) is 28.3. The molecule has 33 heavy (non-hydrogen) atoms. The molecule has 4 nitrogen and oxygen atoms in total. The highest BCUT2D eigenvalue weighted by atomic mass is 35.5. The molecule has 2 amide bonds. The second-order valence-corrected chi connectivity index (χ2v) is 10.1. The number of carbonyl (C=O) groups is 2. The van der Waals surface area contributed by atoms with Crippen LogP contribution in [0.5, 0.6) is 0 Å². The van der Waals surface area contributed by atoms with Gasteiger partial charge in [-0.15, -0.1) is 11.8 Å². The average Bonchev–Trinajstić information content (AvgIpc) is 2.84. The standard InChI is InChI=1S/C27H35ClN2O2S/c1-2-25(27(32)29-24-11-7-4-8-12-24)30(18-17-21-9-5-3-6-10-21)26(31)20-33-19-22-13-15-23(28)16-14-22/h3,5-6,9-10,13-16,24-25H,2,4,7-8,11-12,17-20H2,1H3,(H,29,32)/t25-/m0/s1. The van der Waals surface area contributed by atoms with E-state index in [4.69, 9.17) is 11.6 Å². The summed E-state index contributed by atoms with van der Waals surface area (Å²) < 4.78 is 0. The number of hydrogen-bond donors (Lipinski definition) is 1. The van der Waals surface area contributed by atoms with E-state index in [1.807, 2.05) is 49.4 Å². The third kappa shape index (κ3) is 8.38. The Hall–Kier alpha value is -1.98. The van der Waals surface area contributed by atoms with Crippen molar-refractivity contribution in [2.45, 2.75) is 69.7 Å². The van der Waals surface area contributed by atoms with Crippen LogP contribution in [-0.4, -0.2) is 41.1 Å². The zero-order valence-corrected chi connectivity index (χ0v) is 21.0. The Morgan fingerprint density at radius 1 is 1.03 bits per heavy atom. The van der Waals surface area contributed by atoms with E-state index in [0.717, 1.165) is 30.6 Å². The molecule has 6 heteroatoms. The summed E-state index contributed by atoms with van der Waals surface area (Å²) in [5, 5.41) is 3.95. The summed E-state index contributed by atoms with van der Waals surface area (Å²) in [7, 11) is 0. The van der Waals surface area contributed by atoms with Gasteiger partial charge in [-0.25, -0.2) is 0 Å². The van der Waals surface area contributed by atoms with Gasteiger partial charge < -0.3 is 10.2 Å². The molecule has 1 fully saturated rings. The SMILES string of the molecule is CC[C@@H](C(=O)NC1CCCCC1)N(CCc1ccccc1)C(=O)CSCc1ccc(Cl)cc1. The predicted molar refractivity (Wildman–Crippen MR) is 139 cm³/mol. The zero-order valence-electron chi connectivity index (χ0n) is 19.5. The molecule has 2 aromatic rings. The largest absolute Gasteiger partial charge is 0.352 e. The van der Waals surface area contributed by atoms with Crippen molar-refractivity contribution in [3.05, 3.63) is 70.7 Å². The van der Waals surface area contributed by atoms with E-state index in [9.17, 15) is 9.59 Å². The molecule has 0 bridgehead atoms. The number of hydrogen-bond acceptors (Lipinski definition) is 3. The Labute approximate surface area is 207 Å². The molecule has 1 aliphatic rings. The van der Waals surface area contributed by atoms with Gasteiger partial charge in [0.25, 0.3) is 0 Å². The van der Waals surface area contributed by atoms with Crippen molar-refractivity contribution in [3.8, 4) is 0 Å². The van der Waals surface area contributed by atoms with Crippen LogP contribution in [0.4, 0.5) is 0 Å². The van der Waals surface area contributed by atoms with Crippen LogP contribution in [0, 0.1) is 0 Å². The van der Waals surface area contributed by atoms with Crippen LogP contribution >= 0.6 is 23.4 Å². The van der Waals surface area contributed by atoms with Crippen LogP contribution in [-0.2, 0) is 21.8 Å². The average molecular weight is 487 g/mol. The monoisotopic (exact) mass is 486 g/mol. The van der Waals surface area contributed by atoms with E-state index in [1.54, 1.807) is 16.7 Å². The minimum atomic E-state index is -0.431. The fourth-order valence-corrected chi connectivity index (χ4v) is 5.36. The molecule has 1 N–H and O–H groups in total. The molecule has 0 saturated heterocycles. The lowest BCUT2D eigenvalue weighted by Gasteiger charge is -2.32. The Bertz CT molecular complexity index is 869. The fraction of sp³-hybridized carbons (Fsp3) is 0.481. The van der Waals surface area contributed by atoms with Crippen LogP contribution in [0.15, 0.2) is 54.6 Å². The van der Waals surface area contributed by atoms with Gasteiger partial charge >= 0.3 is 0 Å². The molecule has 0 radical (unpaired) electrons. The van der Waals surface area contributed by atoms with Gasteiger partial charge in [-0.3, -0.25) is 9.59 Å². The van der Waals surface area contributed by atoms with Gasteiger partial charge in [-0.05, 0) is 48.9 Å². The first kappa shape index (κ1) is 25.6. The molecular formula is C27H35ClN2O2S. The van der Waals surface area contributed by atoms with Crippen LogP contribution < -0.4 is 5.32 Å². The number of rotatable bonds is 11. The summed E-state index contributed by atoms with van der Waals surface area (Å²) >= 11 is 7.55. The van der Waals surface area contributed by atoms with Gasteiger partial charge in [0.15, 0.2) is 0 Å². The van der Waals surface area contributed by atoms with E-state index in [1.165, 1.54) is 24.8 Å². The van der Waals surface area contributed by atoms with Gasteiger partial charge in [-0.2, -0.15) is 0 Å².